The molecule has 0 spiro atoms. The SMILES string of the molecule is O.[Bi].[Cu].[H-].[H-].[Pb].[Sr+2]. The zero-order valence-electron chi connectivity index (χ0n) is 4.46. The zero-order chi connectivity index (χ0) is 0. The van der Waals surface area contributed by atoms with E-state index >= 15 is 0 Å². The van der Waals surface area contributed by atoms with Gasteiger partial charge in [-0.25, -0.2) is 0 Å². The van der Waals surface area contributed by atoms with Crippen molar-refractivity contribution in [3.8, 4) is 0 Å². The maximum absolute atomic E-state index is 0. The minimum Gasteiger partial charge on any atom is -1.00 e. The molecule has 1 nitrogen and oxygen atoms in total. The van der Waals surface area contributed by atoms with Crippen molar-refractivity contribution in [3.63, 3.8) is 0 Å². The summed E-state index contributed by atoms with van der Waals surface area (Å²) in [5.41, 5.74) is 0. The first kappa shape index (κ1) is 37.3. The van der Waals surface area contributed by atoms with Crippen LogP contribution in [0.5, 0.6) is 0 Å². The van der Waals surface area contributed by atoms with E-state index in [1.54, 1.807) is 0 Å². The minimum atomic E-state index is 0. The van der Waals surface area contributed by atoms with E-state index in [0.717, 1.165) is 0 Å². The van der Waals surface area contributed by atoms with E-state index in [1.165, 1.54) is 0 Å². The third kappa shape index (κ3) is 18.2. The van der Waals surface area contributed by atoms with Crippen LogP contribution in [0.25, 0.3) is 0 Å². The molecule has 0 atom stereocenters. The second-order valence-corrected chi connectivity index (χ2v) is 0. The largest absolute Gasteiger partial charge is 2.00 e. The van der Waals surface area contributed by atoms with Crippen molar-refractivity contribution < 1.29 is 25.4 Å². The molecule has 0 fully saturated rings. The fourth-order valence-corrected chi connectivity index (χ4v) is 0. The van der Waals surface area contributed by atoms with Gasteiger partial charge in [-0.3, -0.25) is 0 Å². The van der Waals surface area contributed by atoms with Crippen molar-refractivity contribution in [2.45, 2.75) is 0 Å². The van der Waals surface area contributed by atoms with Crippen LogP contribution in [0.3, 0.4) is 0 Å². The van der Waals surface area contributed by atoms with Gasteiger partial charge >= 0.3 is 45.5 Å². The second kappa shape index (κ2) is 25.1. The van der Waals surface area contributed by atoms with Crippen molar-refractivity contribution in [1.29, 1.82) is 0 Å². The summed E-state index contributed by atoms with van der Waals surface area (Å²) in [6.07, 6.45) is 0. The Bertz CT molecular complexity index is 17.7. The predicted octanol–water partition coefficient (Wildman–Crippen LogP) is -1.74. The molecule has 0 aromatic carbocycles. The molecule has 0 aliphatic carbocycles. The van der Waals surface area contributed by atoms with Gasteiger partial charge in [-0.1, -0.05) is 0 Å². The van der Waals surface area contributed by atoms with Gasteiger partial charge in [0.25, 0.3) is 0 Å². The van der Waals surface area contributed by atoms with Gasteiger partial charge < -0.3 is 8.33 Å². The molecular formula is H4BiCuOPbSr. The molecule has 0 aromatic rings. The quantitative estimate of drug-likeness (QED) is 0.302. The Balaban J connectivity index is 0. The third-order valence-corrected chi connectivity index (χ3v) is 0. The Kier molecular flexibility index (Phi) is 187. The smallest absolute Gasteiger partial charge is 1.00 e. The number of hydrogen-bond acceptors (Lipinski definition) is 0. The average Bonchev–Trinajstić information content (AvgIpc) is 0. The summed E-state index contributed by atoms with van der Waals surface area (Å²) in [7, 11) is 0. The first-order chi connectivity index (χ1) is 0. The molecule has 0 bridgehead atoms. The molecule has 0 saturated carbocycles. The van der Waals surface area contributed by atoms with Gasteiger partial charge in [-0.15, -0.1) is 0 Å². The molecule has 0 amide bonds. The maximum atomic E-state index is 0. The van der Waals surface area contributed by atoms with Crippen LogP contribution in [0.2, 0.25) is 0 Å². The molecule has 5 heavy (non-hydrogen) atoms. The van der Waals surface area contributed by atoms with E-state index in [9.17, 15) is 0 Å². The van der Waals surface area contributed by atoms with Crippen molar-refractivity contribution in [2.24, 2.45) is 0 Å². The first-order valence-corrected chi connectivity index (χ1v) is 0. The number of hydrogen-bond donors (Lipinski definition) is 0. The monoisotopic (exact) mass is 588 g/mol. The molecule has 0 heterocycles. The van der Waals surface area contributed by atoms with Gasteiger partial charge in [0.15, 0.2) is 0 Å². The van der Waals surface area contributed by atoms with E-state index < -0.39 is 0 Å². The summed E-state index contributed by atoms with van der Waals surface area (Å²) in [5.74, 6) is 0. The van der Waals surface area contributed by atoms with Crippen molar-refractivity contribution >= 4 is 99.0 Å². The molecule has 8 radical (unpaired) electrons. The minimum absolute atomic E-state index is 0. The van der Waals surface area contributed by atoms with Crippen LogP contribution in [0.4, 0.5) is 0 Å². The van der Waals surface area contributed by atoms with E-state index in [4.69, 9.17) is 0 Å². The Hall–Kier alpha value is 3.77. The molecule has 2 N–H and O–H groups in total. The van der Waals surface area contributed by atoms with E-state index in [1.807, 2.05) is 0 Å². The van der Waals surface area contributed by atoms with E-state index in [-0.39, 0.29) is 124 Å². The van der Waals surface area contributed by atoms with E-state index in [0.29, 0.717) is 0 Å². The standard InChI is InChI=1S/Bi.Cu.H2O.Pb.Sr.2H/h;;1H2;;;;/q;;;;+2;2*-1. The van der Waals surface area contributed by atoms with Crippen LogP contribution in [0.1, 0.15) is 2.85 Å². The summed E-state index contributed by atoms with van der Waals surface area (Å²) < 4.78 is 0. The van der Waals surface area contributed by atoms with Gasteiger partial charge in [0.1, 0.15) is 0 Å². The van der Waals surface area contributed by atoms with Crippen LogP contribution >= 0.6 is 0 Å². The van der Waals surface area contributed by atoms with Crippen LogP contribution in [0, 0.1) is 0 Å². The summed E-state index contributed by atoms with van der Waals surface area (Å²) >= 11 is 0. The van der Waals surface area contributed by atoms with Crippen LogP contribution < -0.4 is 0 Å². The van der Waals surface area contributed by atoms with Crippen molar-refractivity contribution in [2.75, 3.05) is 0 Å². The fourth-order valence-electron chi connectivity index (χ4n) is 0. The Morgan fingerprint density at radius 2 is 1.20 bits per heavy atom. The van der Waals surface area contributed by atoms with Gasteiger partial charge in [0.05, 0.1) is 0 Å². The second-order valence-electron chi connectivity index (χ2n) is 0. The topological polar surface area (TPSA) is 31.5 Å². The summed E-state index contributed by atoms with van der Waals surface area (Å²) in [6.45, 7) is 0. The van der Waals surface area contributed by atoms with Crippen LogP contribution in [-0.2, 0) is 17.1 Å². The van der Waals surface area contributed by atoms with E-state index in [2.05, 4.69) is 0 Å². The Morgan fingerprint density at radius 1 is 1.20 bits per heavy atom. The average molecular weight is 587 g/mol. The van der Waals surface area contributed by atoms with Gasteiger partial charge in [-0.05, 0) is 0 Å². The molecule has 0 aromatic heterocycles. The molecule has 0 unspecified atom stereocenters. The predicted molar refractivity (Wildman–Crippen MR) is 23.1 cm³/mol. The third-order valence-electron chi connectivity index (χ3n) is 0. The van der Waals surface area contributed by atoms with Crippen LogP contribution in [0.15, 0.2) is 0 Å². The van der Waals surface area contributed by atoms with Gasteiger partial charge in [-0.2, -0.15) is 0 Å². The van der Waals surface area contributed by atoms with Gasteiger partial charge in [0.2, 0.25) is 0 Å². The summed E-state index contributed by atoms with van der Waals surface area (Å²) in [6, 6.07) is 0. The van der Waals surface area contributed by atoms with Crippen molar-refractivity contribution in [3.05, 3.63) is 0 Å². The first-order valence-electron chi connectivity index (χ1n) is 0. The normalized spacial score (nSPS) is 0. The summed E-state index contributed by atoms with van der Waals surface area (Å²) in [5, 5.41) is 0. The molecule has 32 valence electrons. The molecular weight excluding hydrogens is 583 g/mol. The summed E-state index contributed by atoms with van der Waals surface area (Å²) in [4.78, 5) is 0. The fraction of sp³-hybridized carbons (Fsp3) is 0. The zero-order valence-corrected chi connectivity index (χ0v) is 14.2. The van der Waals surface area contributed by atoms with Gasteiger partial charge in [0, 0.05) is 70.6 Å². The Morgan fingerprint density at radius 3 is 1.20 bits per heavy atom. The van der Waals surface area contributed by atoms with Crippen LogP contribution in [-0.4, -0.2) is 104 Å². The molecule has 0 saturated heterocycles. The molecule has 5 heteroatoms. The molecule has 0 aliphatic rings. The maximum Gasteiger partial charge on any atom is 2.00 e. The molecule has 0 rings (SSSR count). The molecule has 0 aliphatic heterocycles. The Labute approximate surface area is 121 Å². The number of rotatable bonds is 0. The van der Waals surface area contributed by atoms with Crippen molar-refractivity contribution in [1.82, 2.24) is 0 Å².